The maximum absolute atomic E-state index is 11.2. The van der Waals surface area contributed by atoms with Gasteiger partial charge in [0.1, 0.15) is 0 Å². The zero-order valence-corrected chi connectivity index (χ0v) is 13.0. The molecular weight excluding hydrogens is 286 g/mol. The van der Waals surface area contributed by atoms with Crippen LogP contribution in [0.15, 0.2) is 46.2 Å². The summed E-state index contributed by atoms with van der Waals surface area (Å²) in [7, 11) is 0. The van der Waals surface area contributed by atoms with Crippen LogP contribution in [0.2, 0.25) is 0 Å². The summed E-state index contributed by atoms with van der Waals surface area (Å²) >= 11 is 1.38. The van der Waals surface area contributed by atoms with E-state index in [1.54, 1.807) is 19.1 Å². The summed E-state index contributed by atoms with van der Waals surface area (Å²) in [4.78, 5) is 12.4. The minimum atomic E-state index is -0.719. The highest BCUT2D eigenvalue weighted by Crippen LogP contribution is 2.37. The molecule has 0 aliphatic heterocycles. The number of benzene rings is 2. The van der Waals surface area contributed by atoms with Crippen molar-refractivity contribution >= 4 is 17.4 Å². The molecule has 0 amide bonds. The van der Waals surface area contributed by atoms with Crippen LogP contribution < -0.4 is 0 Å². The van der Waals surface area contributed by atoms with Crippen molar-refractivity contribution in [1.82, 2.24) is 0 Å². The van der Waals surface area contributed by atoms with Crippen molar-refractivity contribution < 1.29 is 10.0 Å². The molecule has 110 valence electrons. The van der Waals surface area contributed by atoms with Gasteiger partial charge in [0.15, 0.2) is 0 Å². The van der Waals surface area contributed by atoms with Crippen molar-refractivity contribution in [3.05, 3.63) is 63.2 Å². The second-order valence-corrected chi connectivity index (χ2v) is 6.12. The third-order valence-electron chi connectivity index (χ3n) is 3.23. The smallest absolute Gasteiger partial charge is 0.283 e. The molecule has 0 saturated carbocycles. The SMILES string of the molecule is Cc1ccc(C)c(Sc2ccc(C(C)O)cc2[N+](=O)[O-])c1. The molecule has 4 nitrogen and oxygen atoms in total. The molecule has 2 rings (SSSR count). The Morgan fingerprint density at radius 3 is 2.48 bits per heavy atom. The van der Waals surface area contributed by atoms with Crippen molar-refractivity contribution in [2.75, 3.05) is 0 Å². The third kappa shape index (κ3) is 3.62. The van der Waals surface area contributed by atoms with Crippen LogP contribution in [0.4, 0.5) is 5.69 Å². The van der Waals surface area contributed by atoms with Gasteiger partial charge >= 0.3 is 0 Å². The fraction of sp³-hybridized carbons (Fsp3) is 0.250. The first-order valence-corrected chi connectivity index (χ1v) is 7.41. The lowest BCUT2D eigenvalue weighted by molar-refractivity contribution is -0.387. The highest BCUT2D eigenvalue weighted by atomic mass is 32.2. The van der Waals surface area contributed by atoms with Gasteiger partial charge in [0.25, 0.3) is 5.69 Å². The van der Waals surface area contributed by atoms with Crippen LogP contribution >= 0.6 is 11.8 Å². The molecule has 1 unspecified atom stereocenters. The van der Waals surface area contributed by atoms with Gasteiger partial charge in [-0.05, 0) is 49.6 Å². The van der Waals surface area contributed by atoms with Crippen molar-refractivity contribution in [3.63, 3.8) is 0 Å². The van der Waals surface area contributed by atoms with E-state index in [4.69, 9.17) is 0 Å². The summed E-state index contributed by atoms with van der Waals surface area (Å²) in [6, 6.07) is 10.9. The molecule has 0 spiro atoms. The lowest BCUT2D eigenvalue weighted by Gasteiger charge is -2.09. The molecule has 5 heteroatoms. The van der Waals surface area contributed by atoms with Crippen LogP contribution in [0.3, 0.4) is 0 Å². The number of aliphatic hydroxyl groups excluding tert-OH is 1. The molecule has 0 fully saturated rings. The van der Waals surface area contributed by atoms with Gasteiger partial charge in [-0.25, -0.2) is 0 Å². The Morgan fingerprint density at radius 1 is 1.14 bits per heavy atom. The topological polar surface area (TPSA) is 63.4 Å². The first kappa shape index (κ1) is 15.5. The van der Waals surface area contributed by atoms with Gasteiger partial charge in [0.05, 0.1) is 15.9 Å². The van der Waals surface area contributed by atoms with Crippen molar-refractivity contribution in [2.24, 2.45) is 0 Å². The summed E-state index contributed by atoms with van der Waals surface area (Å²) in [6.07, 6.45) is -0.719. The van der Waals surface area contributed by atoms with Gasteiger partial charge in [-0.2, -0.15) is 0 Å². The molecule has 0 aliphatic rings. The Labute approximate surface area is 128 Å². The van der Waals surface area contributed by atoms with Gasteiger partial charge in [-0.15, -0.1) is 0 Å². The van der Waals surface area contributed by atoms with E-state index < -0.39 is 11.0 Å². The zero-order chi connectivity index (χ0) is 15.6. The molecule has 0 saturated heterocycles. The third-order valence-corrected chi connectivity index (χ3v) is 4.45. The predicted molar refractivity (Wildman–Crippen MR) is 83.8 cm³/mol. The molecule has 0 heterocycles. The second kappa shape index (κ2) is 6.28. The second-order valence-electron chi connectivity index (χ2n) is 5.03. The summed E-state index contributed by atoms with van der Waals surface area (Å²) in [5.74, 6) is 0. The van der Waals surface area contributed by atoms with Gasteiger partial charge in [0, 0.05) is 11.0 Å². The molecule has 0 bridgehead atoms. The Bertz CT molecular complexity index is 683. The number of nitrogens with zero attached hydrogens (tertiary/aromatic N) is 1. The van der Waals surface area contributed by atoms with E-state index >= 15 is 0 Å². The number of aryl methyl sites for hydroxylation is 2. The van der Waals surface area contributed by atoms with E-state index in [0.29, 0.717) is 10.5 Å². The van der Waals surface area contributed by atoms with E-state index in [2.05, 4.69) is 0 Å². The summed E-state index contributed by atoms with van der Waals surface area (Å²) < 4.78 is 0. The van der Waals surface area contributed by atoms with Crippen molar-refractivity contribution in [3.8, 4) is 0 Å². The summed E-state index contributed by atoms with van der Waals surface area (Å²) in [5.41, 5.74) is 2.78. The molecule has 1 atom stereocenters. The maximum Gasteiger partial charge on any atom is 0.283 e. The average molecular weight is 303 g/mol. The lowest BCUT2D eigenvalue weighted by Crippen LogP contribution is -1.96. The largest absolute Gasteiger partial charge is 0.389 e. The van der Waals surface area contributed by atoms with E-state index in [9.17, 15) is 15.2 Å². The lowest BCUT2D eigenvalue weighted by atomic mass is 10.1. The minimum Gasteiger partial charge on any atom is -0.389 e. The average Bonchev–Trinajstić information content (AvgIpc) is 2.42. The van der Waals surface area contributed by atoms with Crippen LogP contribution in [-0.4, -0.2) is 10.0 Å². The molecule has 0 aromatic heterocycles. The fourth-order valence-electron chi connectivity index (χ4n) is 1.96. The van der Waals surface area contributed by atoms with Gasteiger partial charge in [0.2, 0.25) is 0 Å². The normalized spacial score (nSPS) is 12.2. The van der Waals surface area contributed by atoms with Gasteiger partial charge in [-0.1, -0.05) is 30.0 Å². The fourth-order valence-corrected chi connectivity index (χ4v) is 3.04. The quantitative estimate of drug-likeness (QED) is 0.671. The van der Waals surface area contributed by atoms with Crippen molar-refractivity contribution in [2.45, 2.75) is 36.7 Å². The van der Waals surface area contributed by atoms with Crippen LogP contribution in [-0.2, 0) is 0 Å². The molecule has 2 aromatic rings. The Morgan fingerprint density at radius 2 is 1.86 bits per heavy atom. The molecule has 0 radical (unpaired) electrons. The number of aliphatic hydroxyl groups is 1. The number of hydrogen-bond donors (Lipinski definition) is 1. The Balaban J connectivity index is 2.44. The summed E-state index contributed by atoms with van der Waals surface area (Å²) in [6.45, 7) is 5.57. The maximum atomic E-state index is 11.2. The highest BCUT2D eigenvalue weighted by Gasteiger charge is 2.18. The van der Waals surface area contributed by atoms with Crippen LogP contribution in [0.5, 0.6) is 0 Å². The zero-order valence-electron chi connectivity index (χ0n) is 12.2. The van der Waals surface area contributed by atoms with Crippen LogP contribution in [0, 0.1) is 24.0 Å². The van der Waals surface area contributed by atoms with E-state index in [-0.39, 0.29) is 5.69 Å². The summed E-state index contributed by atoms with van der Waals surface area (Å²) in [5, 5.41) is 20.8. The molecular formula is C16H17NO3S. The number of rotatable bonds is 4. The molecule has 0 aliphatic carbocycles. The van der Waals surface area contributed by atoms with Crippen LogP contribution in [0.1, 0.15) is 29.7 Å². The number of nitro groups is 1. The first-order chi connectivity index (χ1) is 9.88. The van der Waals surface area contributed by atoms with Gasteiger partial charge in [-0.3, -0.25) is 10.1 Å². The molecule has 1 N–H and O–H groups in total. The number of nitro benzene ring substituents is 1. The van der Waals surface area contributed by atoms with E-state index in [0.717, 1.165) is 16.0 Å². The minimum absolute atomic E-state index is 0.0271. The van der Waals surface area contributed by atoms with Crippen molar-refractivity contribution in [1.29, 1.82) is 0 Å². The van der Waals surface area contributed by atoms with Crippen LogP contribution in [0.25, 0.3) is 0 Å². The highest BCUT2D eigenvalue weighted by molar-refractivity contribution is 7.99. The standard InChI is InChI=1S/C16H17NO3S/c1-10-4-5-11(2)16(8-10)21-15-7-6-13(12(3)18)9-14(15)17(19)20/h4-9,12,18H,1-3H3. The van der Waals surface area contributed by atoms with E-state index in [1.807, 2.05) is 32.0 Å². The monoisotopic (exact) mass is 303 g/mol. The van der Waals surface area contributed by atoms with Gasteiger partial charge < -0.3 is 5.11 Å². The first-order valence-electron chi connectivity index (χ1n) is 6.60. The predicted octanol–water partition coefficient (Wildman–Crippen LogP) is 4.42. The number of hydrogen-bond acceptors (Lipinski definition) is 4. The molecule has 21 heavy (non-hydrogen) atoms. The Kier molecular flexibility index (Phi) is 4.65. The Hall–Kier alpha value is -1.85. The van der Waals surface area contributed by atoms with E-state index in [1.165, 1.54) is 17.8 Å². The molecule has 2 aromatic carbocycles.